The van der Waals surface area contributed by atoms with Crippen molar-refractivity contribution in [2.45, 2.75) is 0 Å². The van der Waals surface area contributed by atoms with E-state index in [1.165, 1.54) is 11.0 Å². The van der Waals surface area contributed by atoms with Crippen molar-refractivity contribution in [3.63, 3.8) is 0 Å². The monoisotopic (exact) mass is 365 g/mol. The number of nitrogens with zero attached hydrogens (tertiary/aromatic N) is 1. The lowest BCUT2D eigenvalue weighted by molar-refractivity contribution is -0.107. The second kappa shape index (κ2) is 5.70. The van der Waals surface area contributed by atoms with Gasteiger partial charge in [0.15, 0.2) is 23.0 Å². The van der Waals surface area contributed by atoms with Gasteiger partial charge in [-0.3, -0.25) is 4.79 Å². The molecule has 3 aromatic carbocycles. The fraction of sp³-hybridized carbons (Fsp3) is 0.150. The summed E-state index contributed by atoms with van der Waals surface area (Å²) in [4.78, 5) is 13.1. The van der Waals surface area contributed by atoms with Crippen molar-refractivity contribution in [1.29, 1.82) is 0 Å². The molecule has 7 heteroatoms. The van der Waals surface area contributed by atoms with Crippen molar-refractivity contribution in [2.75, 3.05) is 25.5 Å². The molecule has 0 aromatic heterocycles. The molecule has 0 unspecified atom stereocenters. The summed E-state index contributed by atoms with van der Waals surface area (Å²) in [5.41, 5.74) is 1.88. The van der Waals surface area contributed by atoms with Crippen LogP contribution in [0.3, 0.4) is 0 Å². The van der Waals surface area contributed by atoms with Gasteiger partial charge in [0.25, 0.3) is 0 Å². The number of amides is 1. The Kier molecular flexibility index (Phi) is 3.30. The lowest BCUT2D eigenvalue weighted by Crippen LogP contribution is -2.15. The maximum Gasteiger partial charge on any atom is 0.231 e. The molecular weight excluding hydrogens is 350 g/mol. The number of phenols is 1. The van der Waals surface area contributed by atoms with Gasteiger partial charge in [-0.05, 0) is 23.6 Å². The van der Waals surface area contributed by atoms with Crippen molar-refractivity contribution < 1.29 is 28.8 Å². The van der Waals surface area contributed by atoms with Crippen molar-refractivity contribution in [3.8, 4) is 39.9 Å². The van der Waals surface area contributed by atoms with E-state index in [9.17, 15) is 9.90 Å². The molecule has 0 bridgehead atoms. The molecule has 0 radical (unpaired) electrons. The normalized spacial score (nSPS) is 13.8. The number of hydrogen-bond donors (Lipinski definition) is 1. The average molecular weight is 365 g/mol. The zero-order valence-corrected chi connectivity index (χ0v) is 14.4. The number of anilines is 1. The zero-order chi connectivity index (χ0) is 18.5. The number of hydrogen-bond acceptors (Lipinski definition) is 6. The molecule has 2 heterocycles. The van der Waals surface area contributed by atoms with Crippen molar-refractivity contribution in [3.05, 3.63) is 36.4 Å². The second-order valence-electron chi connectivity index (χ2n) is 6.33. The maximum absolute atomic E-state index is 11.6. The zero-order valence-electron chi connectivity index (χ0n) is 14.4. The Hall–Kier alpha value is -3.61. The minimum absolute atomic E-state index is 0.0416. The highest BCUT2D eigenvalue weighted by molar-refractivity contribution is 6.07. The predicted octanol–water partition coefficient (Wildman–Crippen LogP) is 3.26. The lowest BCUT2D eigenvalue weighted by Gasteiger charge is -2.20. The molecule has 0 saturated heterocycles. The van der Waals surface area contributed by atoms with Crippen LogP contribution in [0.5, 0.6) is 28.7 Å². The summed E-state index contributed by atoms with van der Waals surface area (Å²) >= 11 is 0. The van der Waals surface area contributed by atoms with E-state index in [0.29, 0.717) is 39.8 Å². The Labute approximate surface area is 154 Å². The van der Waals surface area contributed by atoms with Crippen molar-refractivity contribution in [1.82, 2.24) is 0 Å². The third-order valence-corrected chi connectivity index (χ3v) is 4.78. The summed E-state index contributed by atoms with van der Waals surface area (Å²) < 4.78 is 21.7. The van der Waals surface area contributed by atoms with E-state index in [2.05, 4.69) is 0 Å². The van der Waals surface area contributed by atoms with Gasteiger partial charge < -0.3 is 29.0 Å². The predicted molar refractivity (Wildman–Crippen MR) is 97.8 cm³/mol. The van der Waals surface area contributed by atoms with Crippen LogP contribution in [0.25, 0.3) is 21.9 Å². The molecule has 2 aliphatic heterocycles. The van der Waals surface area contributed by atoms with Crippen LogP contribution < -0.4 is 23.8 Å². The van der Waals surface area contributed by atoms with E-state index in [4.69, 9.17) is 18.9 Å². The second-order valence-corrected chi connectivity index (χ2v) is 6.33. The quantitative estimate of drug-likeness (QED) is 0.718. The molecule has 0 aliphatic carbocycles. The highest BCUT2D eigenvalue weighted by Crippen LogP contribution is 2.47. The Morgan fingerprint density at radius 2 is 1.52 bits per heavy atom. The Balaban J connectivity index is 1.80. The summed E-state index contributed by atoms with van der Waals surface area (Å²) in [5, 5.41) is 12.3. The first-order valence-electron chi connectivity index (χ1n) is 8.33. The molecule has 5 rings (SSSR count). The van der Waals surface area contributed by atoms with Gasteiger partial charge >= 0.3 is 0 Å². The molecule has 1 N–H and O–H groups in total. The Bertz CT molecular complexity index is 1090. The smallest absolute Gasteiger partial charge is 0.231 e. The van der Waals surface area contributed by atoms with Gasteiger partial charge in [-0.25, -0.2) is 0 Å². The van der Waals surface area contributed by atoms with Crippen molar-refractivity contribution >= 4 is 22.9 Å². The summed E-state index contributed by atoms with van der Waals surface area (Å²) in [6.07, 6.45) is 0.729. The molecule has 1 amide bonds. The molecule has 7 nitrogen and oxygen atoms in total. The van der Waals surface area contributed by atoms with Crippen molar-refractivity contribution in [2.24, 2.45) is 0 Å². The fourth-order valence-electron chi connectivity index (χ4n) is 3.49. The number of phenolic OH excluding ortho intramolecular Hbond substituents is 1. The van der Waals surface area contributed by atoms with Crippen LogP contribution >= 0.6 is 0 Å². The molecular formula is C20H15NO6. The minimum atomic E-state index is 0.0416. The van der Waals surface area contributed by atoms with Crippen LogP contribution in [0.4, 0.5) is 5.69 Å². The standard InChI is InChI=1S/C20H15NO6/c1-21(8-22)20-12(14-6-18-19(7-15(14)23)27-10-26-18)3-2-11-4-16-17(5-13(11)20)25-9-24-16/h2-8,23H,9-10H2,1H3. The van der Waals surface area contributed by atoms with Crippen LogP contribution in [0.2, 0.25) is 0 Å². The average Bonchev–Trinajstić information content (AvgIpc) is 3.32. The molecule has 0 saturated carbocycles. The third kappa shape index (κ3) is 2.32. The molecule has 136 valence electrons. The number of carbonyl (C=O) groups is 1. The van der Waals surface area contributed by atoms with Crippen LogP contribution in [0.15, 0.2) is 36.4 Å². The topological polar surface area (TPSA) is 77.5 Å². The van der Waals surface area contributed by atoms with Crippen LogP contribution in [0, 0.1) is 0 Å². The first kappa shape index (κ1) is 15.6. The summed E-state index contributed by atoms with van der Waals surface area (Å²) in [6, 6.07) is 10.7. The lowest BCUT2D eigenvalue weighted by atomic mass is 9.96. The number of rotatable bonds is 3. The van der Waals surface area contributed by atoms with Gasteiger partial charge in [0.1, 0.15) is 5.75 Å². The minimum Gasteiger partial charge on any atom is -0.507 e. The number of benzene rings is 3. The number of ether oxygens (including phenoxy) is 4. The number of carbonyl (C=O) groups excluding carboxylic acids is 1. The SMILES string of the molecule is CN(C=O)c1c(-c2cc3c(cc2O)OCO3)ccc2cc3c(cc12)OCO3. The van der Waals surface area contributed by atoms with Gasteiger partial charge in [0.05, 0.1) is 5.69 Å². The van der Waals surface area contributed by atoms with E-state index in [1.54, 1.807) is 13.1 Å². The van der Waals surface area contributed by atoms with Gasteiger partial charge in [0.2, 0.25) is 20.0 Å². The largest absolute Gasteiger partial charge is 0.507 e. The Morgan fingerprint density at radius 1 is 0.889 bits per heavy atom. The molecule has 0 spiro atoms. The molecule has 2 aliphatic rings. The van der Waals surface area contributed by atoms with Crippen LogP contribution in [-0.4, -0.2) is 32.2 Å². The summed E-state index contributed by atoms with van der Waals surface area (Å²) in [5.74, 6) is 2.37. The van der Waals surface area contributed by atoms with Gasteiger partial charge in [-0.15, -0.1) is 0 Å². The fourth-order valence-corrected chi connectivity index (χ4v) is 3.49. The summed E-state index contributed by atoms with van der Waals surface area (Å²) in [7, 11) is 1.67. The first-order chi connectivity index (χ1) is 13.2. The van der Waals surface area contributed by atoms with Crippen LogP contribution in [0.1, 0.15) is 0 Å². The van der Waals surface area contributed by atoms with Crippen LogP contribution in [-0.2, 0) is 4.79 Å². The number of fused-ring (bicyclic) bond motifs is 3. The molecule has 3 aromatic rings. The van der Waals surface area contributed by atoms with Gasteiger partial charge in [-0.1, -0.05) is 12.1 Å². The summed E-state index contributed by atoms with van der Waals surface area (Å²) in [6.45, 7) is 0.279. The first-order valence-corrected chi connectivity index (χ1v) is 8.33. The van der Waals surface area contributed by atoms with E-state index >= 15 is 0 Å². The van der Waals surface area contributed by atoms with Gasteiger partial charge in [0, 0.05) is 29.6 Å². The highest BCUT2D eigenvalue weighted by Gasteiger charge is 2.23. The molecule has 0 atom stereocenters. The van der Waals surface area contributed by atoms with E-state index in [0.717, 1.165) is 17.2 Å². The number of aromatic hydroxyl groups is 1. The molecule has 27 heavy (non-hydrogen) atoms. The van der Waals surface area contributed by atoms with E-state index in [-0.39, 0.29) is 19.3 Å². The molecule has 0 fully saturated rings. The Morgan fingerprint density at radius 3 is 2.22 bits per heavy atom. The third-order valence-electron chi connectivity index (χ3n) is 4.78. The van der Waals surface area contributed by atoms with E-state index in [1.807, 2.05) is 24.3 Å². The highest BCUT2D eigenvalue weighted by atomic mass is 16.7. The van der Waals surface area contributed by atoms with E-state index < -0.39 is 0 Å². The van der Waals surface area contributed by atoms with Gasteiger partial charge in [-0.2, -0.15) is 0 Å². The maximum atomic E-state index is 11.6.